The van der Waals surface area contributed by atoms with Crippen molar-refractivity contribution in [2.75, 3.05) is 13.2 Å². The minimum Gasteiger partial charge on any atom is -0.461 e. The summed E-state index contributed by atoms with van der Waals surface area (Å²) in [5.41, 5.74) is 0. The Labute approximate surface area is 128 Å². The summed E-state index contributed by atoms with van der Waals surface area (Å²) in [6, 6.07) is 4.12. The Kier molecular flexibility index (Phi) is 5.49. The van der Waals surface area contributed by atoms with E-state index >= 15 is 0 Å². The van der Waals surface area contributed by atoms with Crippen LogP contribution in [-0.4, -0.2) is 39.8 Å². The Balaban J connectivity index is 1.90. The van der Waals surface area contributed by atoms with Crippen LogP contribution in [0.25, 0.3) is 0 Å². The highest BCUT2D eigenvalue weighted by atomic mass is 32.2. The van der Waals surface area contributed by atoms with Gasteiger partial charge in [-0.15, -0.1) is 0 Å². The van der Waals surface area contributed by atoms with Crippen molar-refractivity contribution in [2.45, 2.75) is 36.9 Å². The smallest absolute Gasteiger partial charge is 0.336 e. The number of benzene rings is 1. The second-order valence-corrected chi connectivity index (χ2v) is 6.48. The standard InChI is InChI=1S/C14H17FO6S/c1-10(14(16)20-9-12-3-2-8-19-12)21-22(17,18)13-6-4-11(15)5-7-13/h4-7,10,12H,2-3,8-9H2,1H3/t10-,12?/m0/s1. The third kappa shape index (κ3) is 4.49. The monoisotopic (exact) mass is 332 g/mol. The first-order valence-electron chi connectivity index (χ1n) is 6.85. The van der Waals surface area contributed by atoms with Crippen molar-refractivity contribution in [1.82, 2.24) is 0 Å². The molecule has 1 unspecified atom stereocenters. The van der Waals surface area contributed by atoms with Crippen LogP contribution in [-0.2, 0) is 28.6 Å². The van der Waals surface area contributed by atoms with E-state index in [1.54, 1.807) is 0 Å². The fraction of sp³-hybridized carbons (Fsp3) is 0.500. The van der Waals surface area contributed by atoms with Gasteiger partial charge < -0.3 is 9.47 Å². The van der Waals surface area contributed by atoms with Gasteiger partial charge in [0.15, 0.2) is 6.10 Å². The summed E-state index contributed by atoms with van der Waals surface area (Å²) < 4.78 is 51.7. The summed E-state index contributed by atoms with van der Waals surface area (Å²) >= 11 is 0. The van der Waals surface area contributed by atoms with Crippen molar-refractivity contribution in [3.63, 3.8) is 0 Å². The first kappa shape index (κ1) is 16.9. The lowest BCUT2D eigenvalue weighted by Crippen LogP contribution is -2.29. The third-order valence-electron chi connectivity index (χ3n) is 3.14. The van der Waals surface area contributed by atoms with E-state index < -0.39 is 28.0 Å². The second kappa shape index (κ2) is 7.17. The Hall–Kier alpha value is -1.51. The van der Waals surface area contributed by atoms with E-state index in [-0.39, 0.29) is 17.6 Å². The number of carbonyl (C=O) groups excluding carboxylic acids is 1. The average molecular weight is 332 g/mol. The molecule has 1 saturated heterocycles. The van der Waals surface area contributed by atoms with Crippen molar-refractivity contribution in [1.29, 1.82) is 0 Å². The lowest BCUT2D eigenvalue weighted by molar-refractivity contribution is -0.154. The molecule has 0 radical (unpaired) electrons. The van der Waals surface area contributed by atoms with Gasteiger partial charge in [0.1, 0.15) is 12.4 Å². The van der Waals surface area contributed by atoms with Gasteiger partial charge in [0.05, 0.1) is 11.0 Å². The molecule has 1 aromatic rings. The normalized spacial score (nSPS) is 19.8. The van der Waals surface area contributed by atoms with E-state index in [9.17, 15) is 17.6 Å². The molecular formula is C14H17FO6S. The zero-order valence-corrected chi connectivity index (χ0v) is 12.8. The minimum atomic E-state index is -4.16. The van der Waals surface area contributed by atoms with Crippen LogP contribution in [0.3, 0.4) is 0 Å². The Morgan fingerprint density at radius 2 is 2.09 bits per heavy atom. The summed E-state index contributed by atoms with van der Waals surface area (Å²) in [5.74, 6) is -1.36. The van der Waals surface area contributed by atoms with Crippen LogP contribution in [0.4, 0.5) is 4.39 Å². The van der Waals surface area contributed by atoms with Gasteiger partial charge in [-0.05, 0) is 44.0 Å². The minimum absolute atomic E-state index is 0.0725. The van der Waals surface area contributed by atoms with Gasteiger partial charge in [0.25, 0.3) is 10.1 Å². The number of halogens is 1. The maximum absolute atomic E-state index is 12.8. The van der Waals surface area contributed by atoms with Crippen LogP contribution in [0.15, 0.2) is 29.2 Å². The molecule has 0 spiro atoms. The molecular weight excluding hydrogens is 315 g/mol. The van der Waals surface area contributed by atoms with Crippen LogP contribution < -0.4 is 0 Å². The van der Waals surface area contributed by atoms with Gasteiger partial charge in [-0.1, -0.05) is 0 Å². The van der Waals surface area contributed by atoms with E-state index in [2.05, 4.69) is 0 Å². The summed E-state index contributed by atoms with van der Waals surface area (Å²) in [5, 5.41) is 0. The largest absolute Gasteiger partial charge is 0.461 e. The Morgan fingerprint density at radius 3 is 2.68 bits per heavy atom. The van der Waals surface area contributed by atoms with E-state index in [0.29, 0.717) is 6.61 Å². The van der Waals surface area contributed by atoms with Gasteiger partial charge in [-0.25, -0.2) is 9.18 Å². The predicted molar refractivity (Wildman–Crippen MR) is 74.1 cm³/mol. The van der Waals surface area contributed by atoms with E-state index in [1.807, 2.05) is 0 Å². The molecule has 6 nitrogen and oxygen atoms in total. The first-order chi connectivity index (χ1) is 10.4. The number of hydrogen-bond donors (Lipinski definition) is 0. The average Bonchev–Trinajstić information content (AvgIpc) is 2.98. The van der Waals surface area contributed by atoms with E-state index in [4.69, 9.17) is 13.7 Å². The molecule has 8 heteroatoms. The highest BCUT2D eigenvalue weighted by Crippen LogP contribution is 2.16. The van der Waals surface area contributed by atoms with Crippen LogP contribution in [0.2, 0.25) is 0 Å². The maximum Gasteiger partial charge on any atom is 0.336 e. The topological polar surface area (TPSA) is 78.9 Å². The molecule has 0 saturated carbocycles. The van der Waals surface area contributed by atoms with Crippen LogP contribution >= 0.6 is 0 Å². The maximum atomic E-state index is 12.8. The molecule has 22 heavy (non-hydrogen) atoms. The number of carbonyl (C=O) groups is 1. The van der Waals surface area contributed by atoms with Crippen LogP contribution in [0.5, 0.6) is 0 Å². The molecule has 0 aliphatic carbocycles. The lowest BCUT2D eigenvalue weighted by atomic mass is 10.2. The SMILES string of the molecule is C[C@H](OS(=O)(=O)c1ccc(F)cc1)C(=O)OCC1CCCO1. The molecule has 1 aliphatic heterocycles. The summed E-state index contributed by atoms with van der Waals surface area (Å²) in [7, 11) is -4.16. The van der Waals surface area contributed by atoms with Crippen molar-refractivity contribution >= 4 is 16.1 Å². The van der Waals surface area contributed by atoms with Crippen molar-refractivity contribution in [2.24, 2.45) is 0 Å². The molecule has 0 N–H and O–H groups in total. The van der Waals surface area contributed by atoms with Gasteiger partial charge in [0, 0.05) is 6.61 Å². The number of esters is 1. The molecule has 0 aromatic heterocycles. The second-order valence-electron chi connectivity index (χ2n) is 4.91. The number of ether oxygens (including phenoxy) is 2. The number of hydrogen-bond acceptors (Lipinski definition) is 6. The fourth-order valence-electron chi connectivity index (χ4n) is 1.95. The molecule has 1 aromatic carbocycles. The summed E-state index contributed by atoms with van der Waals surface area (Å²) in [4.78, 5) is 11.5. The third-order valence-corrected chi connectivity index (χ3v) is 4.53. The fourth-order valence-corrected chi connectivity index (χ4v) is 2.99. The zero-order valence-electron chi connectivity index (χ0n) is 12.0. The molecule has 1 aliphatic rings. The zero-order chi connectivity index (χ0) is 16.2. The first-order valence-corrected chi connectivity index (χ1v) is 8.26. The van der Waals surface area contributed by atoms with Crippen LogP contribution in [0.1, 0.15) is 19.8 Å². The Morgan fingerprint density at radius 1 is 1.41 bits per heavy atom. The molecule has 1 fully saturated rings. The molecule has 122 valence electrons. The quantitative estimate of drug-likeness (QED) is 0.582. The summed E-state index contributed by atoms with van der Waals surface area (Å²) in [6.45, 7) is 1.98. The predicted octanol–water partition coefficient (Wildman–Crippen LogP) is 1.64. The molecule has 2 atom stereocenters. The number of rotatable bonds is 6. The van der Waals surface area contributed by atoms with Gasteiger partial charge in [-0.3, -0.25) is 4.18 Å². The highest BCUT2D eigenvalue weighted by molar-refractivity contribution is 7.86. The Bertz CT molecular complexity index is 607. The molecule has 1 heterocycles. The molecule has 2 rings (SSSR count). The molecule has 0 bridgehead atoms. The van der Waals surface area contributed by atoms with Crippen LogP contribution in [0, 0.1) is 5.82 Å². The van der Waals surface area contributed by atoms with Gasteiger partial charge in [-0.2, -0.15) is 8.42 Å². The van der Waals surface area contributed by atoms with E-state index in [1.165, 1.54) is 6.92 Å². The van der Waals surface area contributed by atoms with Crippen molar-refractivity contribution < 1.29 is 31.3 Å². The van der Waals surface area contributed by atoms with Crippen molar-refractivity contribution in [3.8, 4) is 0 Å². The highest BCUT2D eigenvalue weighted by Gasteiger charge is 2.26. The lowest BCUT2D eigenvalue weighted by Gasteiger charge is -2.14. The van der Waals surface area contributed by atoms with Crippen molar-refractivity contribution in [3.05, 3.63) is 30.1 Å². The van der Waals surface area contributed by atoms with Gasteiger partial charge >= 0.3 is 5.97 Å². The molecule has 0 amide bonds. The van der Waals surface area contributed by atoms with E-state index in [0.717, 1.165) is 37.1 Å². The van der Waals surface area contributed by atoms with Gasteiger partial charge in [0.2, 0.25) is 0 Å². The summed E-state index contributed by atoms with van der Waals surface area (Å²) in [6.07, 6.45) is 0.269.